The second-order valence-corrected chi connectivity index (χ2v) is 8.25. The van der Waals surface area contributed by atoms with Crippen LogP contribution < -0.4 is 4.90 Å². The second-order valence-electron chi connectivity index (χ2n) is 7.81. The molecule has 0 bridgehead atoms. The summed E-state index contributed by atoms with van der Waals surface area (Å²) in [6, 6.07) is 26.0. The van der Waals surface area contributed by atoms with Gasteiger partial charge in [-0.2, -0.15) is 0 Å². The summed E-state index contributed by atoms with van der Waals surface area (Å²) in [5.41, 5.74) is 2.86. The van der Waals surface area contributed by atoms with Gasteiger partial charge in [0.2, 0.25) is 0 Å². The Labute approximate surface area is 175 Å². The Bertz CT molecular complexity index is 992. The molecule has 1 saturated carbocycles. The molecule has 2 aliphatic rings. The molecule has 1 amide bonds. The molecule has 0 N–H and O–H groups in total. The standard InChI is InChI=1S/C25H22ClNO2/c26-21-13-14-23-22(15-21)25(19-7-3-1-4-8-19,20-9-5-2-6-10-20)29-17-24(28)27(23)16-18-11-12-18/h1-10,13-15,18H,11-12,16-17H2. The van der Waals surface area contributed by atoms with E-state index >= 15 is 0 Å². The van der Waals surface area contributed by atoms with Crippen molar-refractivity contribution < 1.29 is 9.53 Å². The first-order valence-electron chi connectivity index (χ1n) is 10.0. The highest BCUT2D eigenvalue weighted by Crippen LogP contribution is 2.47. The highest BCUT2D eigenvalue weighted by molar-refractivity contribution is 6.30. The van der Waals surface area contributed by atoms with Crippen LogP contribution in [0.2, 0.25) is 5.02 Å². The van der Waals surface area contributed by atoms with Gasteiger partial charge in [-0.1, -0.05) is 72.3 Å². The van der Waals surface area contributed by atoms with E-state index in [0.717, 1.165) is 28.9 Å². The number of nitrogens with zero attached hydrogens (tertiary/aromatic N) is 1. The molecule has 0 unspecified atom stereocenters. The van der Waals surface area contributed by atoms with Crippen LogP contribution in [-0.2, 0) is 15.1 Å². The van der Waals surface area contributed by atoms with Gasteiger partial charge in [-0.25, -0.2) is 0 Å². The molecule has 3 nitrogen and oxygen atoms in total. The van der Waals surface area contributed by atoms with Crippen LogP contribution >= 0.6 is 11.6 Å². The van der Waals surface area contributed by atoms with E-state index in [2.05, 4.69) is 24.3 Å². The van der Waals surface area contributed by atoms with Gasteiger partial charge in [0.25, 0.3) is 5.91 Å². The van der Waals surface area contributed by atoms with Gasteiger partial charge in [-0.3, -0.25) is 4.79 Å². The van der Waals surface area contributed by atoms with Gasteiger partial charge in [-0.05, 0) is 48.1 Å². The summed E-state index contributed by atoms with van der Waals surface area (Å²) in [5.74, 6) is 0.567. The zero-order chi connectivity index (χ0) is 19.8. The highest BCUT2D eigenvalue weighted by atomic mass is 35.5. The molecule has 29 heavy (non-hydrogen) atoms. The van der Waals surface area contributed by atoms with E-state index in [1.807, 2.05) is 59.5 Å². The number of anilines is 1. The summed E-state index contributed by atoms with van der Waals surface area (Å²) in [6.45, 7) is 0.749. The normalized spacial score (nSPS) is 18.2. The van der Waals surface area contributed by atoms with Crippen LogP contribution in [-0.4, -0.2) is 19.1 Å². The molecule has 1 fully saturated rings. The molecule has 0 aromatic heterocycles. The second kappa shape index (κ2) is 7.33. The number of hydrogen-bond donors (Lipinski definition) is 0. The van der Waals surface area contributed by atoms with E-state index in [0.29, 0.717) is 10.9 Å². The maximum Gasteiger partial charge on any atom is 0.253 e. The minimum absolute atomic E-state index is 0.00536. The summed E-state index contributed by atoms with van der Waals surface area (Å²) in [7, 11) is 0. The SMILES string of the molecule is O=C1COC(c2ccccc2)(c2ccccc2)c2cc(Cl)ccc2N1CC1CC1. The minimum Gasteiger partial charge on any atom is -0.351 e. The van der Waals surface area contributed by atoms with Crippen LogP contribution in [0.15, 0.2) is 78.9 Å². The van der Waals surface area contributed by atoms with E-state index in [9.17, 15) is 4.79 Å². The molecule has 0 saturated heterocycles. The number of rotatable bonds is 4. The zero-order valence-electron chi connectivity index (χ0n) is 16.1. The number of fused-ring (bicyclic) bond motifs is 1. The van der Waals surface area contributed by atoms with Gasteiger partial charge in [0, 0.05) is 17.1 Å². The summed E-state index contributed by atoms with van der Waals surface area (Å²) < 4.78 is 6.54. The first-order valence-corrected chi connectivity index (χ1v) is 10.4. The Morgan fingerprint density at radius 2 is 1.55 bits per heavy atom. The van der Waals surface area contributed by atoms with Crippen molar-refractivity contribution >= 4 is 23.2 Å². The Morgan fingerprint density at radius 3 is 2.14 bits per heavy atom. The van der Waals surface area contributed by atoms with Crippen molar-refractivity contribution in [2.45, 2.75) is 18.4 Å². The summed E-state index contributed by atoms with van der Waals surface area (Å²) >= 11 is 6.48. The van der Waals surface area contributed by atoms with Crippen LogP contribution in [0, 0.1) is 5.92 Å². The summed E-state index contributed by atoms with van der Waals surface area (Å²) in [6.07, 6.45) is 2.35. The van der Waals surface area contributed by atoms with Crippen LogP contribution in [0.1, 0.15) is 29.5 Å². The fraction of sp³-hybridized carbons (Fsp3) is 0.240. The number of halogens is 1. The molecule has 1 aliphatic carbocycles. The first-order chi connectivity index (χ1) is 14.2. The zero-order valence-corrected chi connectivity index (χ0v) is 16.8. The Morgan fingerprint density at radius 1 is 0.931 bits per heavy atom. The third-order valence-electron chi connectivity index (χ3n) is 5.84. The third-order valence-corrected chi connectivity index (χ3v) is 6.08. The smallest absolute Gasteiger partial charge is 0.253 e. The molecule has 1 heterocycles. The number of carbonyl (C=O) groups is 1. The monoisotopic (exact) mass is 403 g/mol. The maximum absolute atomic E-state index is 13.1. The van der Waals surface area contributed by atoms with Gasteiger partial charge < -0.3 is 9.64 Å². The van der Waals surface area contributed by atoms with E-state index in [1.165, 1.54) is 12.8 Å². The van der Waals surface area contributed by atoms with Gasteiger partial charge in [-0.15, -0.1) is 0 Å². The topological polar surface area (TPSA) is 29.5 Å². The first kappa shape index (κ1) is 18.4. The van der Waals surface area contributed by atoms with Crippen molar-refractivity contribution in [3.63, 3.8) is 0 Å². The van der Waals surface area contributed by atoms with Crippen molar-refractivity contribution in [1.29, 1.82) is 0 Å². The average Bonchev–Trinajstić information content (AvgIpc) is 3.59. The lowest BCUT2D eigenvalue weighted by Gasteiger charge is -2.35. The van der Waals surface area contributed by atoms with E-state index in [-0.39, 0.29) is 12.5 Å². The quantitative estimate of drug-likeness (QED) is 0.583. The van der Waals surface area contributed by atoms with Crippen LogP contribution in [0.25, 0.3) is 0 Å². The highest BCUT2D eigenvalue weighted by Gasteiger charge is 2.44. The predicted octanol–water partition coefficient (Wildman–Crippen LogP) is 5.41. The van der Waals surface area contributed by atoms with Gasteiger partial charge >= 0.3 is 0 Å². The Kier molecular flexibility index (Phi) is 4.65. The fourth-order valence-corrected chi connectivity index (χ4v) is 4.41. The average molecular weight is 404 g/mol. The Balaban J connectivity index is 1.80. The van der Waals surface area contributed by atoms with E-state index in [1.54, 1.807) is 0 Å². The number of amides is 1. The van der Waals surface area contributed by atoms with Crippen molar-refractivity contribution in [1.82, 2.24) is 0 Å². The van der Waals surface area contributed by atoms with Gasteiger partial charge in [0.15, 0.2) is 0 Å². The van der Waals surface area contributed by atoms with E-state index in [4.69, 9.17) is 16.3 Å². The number of benzene rings is 3. The largest absolute Gasteiger partial charge is 0.351 e. The molecule has 4 heteroatoms. The third kappa shape index (κ3) is 3.25. The van der Waals surface area contributed by atoms with Crippen molar-refractivity contribution in [3.8, 4) is 0 Å². The fourth-order valence-electron chi connectivity index (χ4n) is 4.23. The number of ether oxygens (including phenoxy) is 1. The number of hydrogen-bond acceptors (Lipinski definition) is 2. The van der Waals surface area contributed by atoms with Crippen molar-refractivity contribution in [3.05, 3.63) is 101 Å². The maximum atomic E-state index is 13.1. The molecular formula is C25H22ClNO2. The van der Waals surface area contributed by atoms with Crippen molar-refractivity contribution in [2.24, 2.45) is 5.92 Å². The molecule has 0 spiro atoms. The lowest BCUT2D eigenvalue weighted by Crippen LogP contribution is -2.35. The van der Waals surface area contributed by atoms with Crippen LogP contribution in [0.3, 0.4) is 0 Å². The summed E-state index contributed by atoms with van der Waals surface area (Å²) in [5, 5.41) is 0.629. The van der Waals surface area contributed by atoms with Crippen molar-refractivity contribution in [2.75, 3.05) is 18.1 Å². The molecule has 0 atom stereocenters. The van der Waals surface area contributed by atoms with Crippen LogP contribution in [0.5, 0.6) is 0 Å². The van der Waals surface area contributed by atoms with Gasteiger partial charge in [0.1, 0.15) is 12.2 Å². The summed E-state index contributed by atoms with van der Waals surface area (Å²) in [4.78, 5) is 15.0. The molecule has 0 radical (unpaired) electrons. The minimum atomic E-state index is -0.906. The molecule has 1 aliphatic heterocycles. The predicted molar refractivity (Wildman–Crippen MR) is 115 cm³/mol. The van der Waals surface area contributed by atoms with Gasteiger partial charge in [0.05, 0.1) is 5.69 Å². The molecule has 146 valence electrons. The molecule has 5 rings (SSSR count). The lowest BCUT2D eigenvalue weighted by atomic mass is 9.79. The van der Waals surface area contributed by atoms with Crippen LogP contribution in [0.4, 0.5) is 5.69 Å². The molecular weight excluding hydrogens is 382 g/mol. The van der Waals surface area contributed by atoms with E-state index < -0.39 is 5.60 Å². The Hall–Kier alpha value is -2.62. The molecule has 3 aromatic rings. The number of carbonyl (C=O) groups excluding carboxylic acids is 1. The molecule has 3 aromatic carbocycles. The lowest BCUT2D eigenvalue weighted by molar-refractivity contribution is -0.126.